The second-order valence-corrected chi connectivity index (χ2v) is 7.63. The van der Waals surface area contributed by atoms with Crippen LogP contribution >= 0.6 is 0 Å². The first-order valence-electron chi connectivity index (χ1n) is 10.1. The van der Waals surface area contributed by atoms with E-state index in [1.807, 2.05) is 0 Å². The number of hydrogen-bond acceptors (Lipinski definition) is 3. The van der Waals surface area contributed by atoms with Gasteiger partial charge in [0.1, 0.15) is 11.3 Å². The van der Waals surface area contributed by atoms with Gasteiger partial charge in [-0.15, -0.1) is 0 Å². The maximum atomic E-state index is 4.97. The van der Waals surface area contributed by atoms with Crippen LogP contribution < -0.4 is 4.90 Å². The van der Waals surface area contributed by atoms with Gasteiger partial charge in [-0.05, 0) is 65.2 Å². The highest BCUT2D eigenvalue weighted by Gasteiger charge is 2.20. The number of hydrogen-bond donors (Lipinski definition) is 0. The van der Waals surface area contributed by atoms with Crippen molar-refractivity contribution in [3.8, 4) is 5.69 Å². The molecule has 27 heavy (non-hydrogen) atoms. The van der Waals surface area contributed by atoms with Gasteiger partial charge in [-0.3, -0.25) is 4.57 Å². The molecule has 3 aromatic rings. The number of anilines is 1. The number of pyridine rings is 1. The third-order valence-electron chi connectivity index (χ3n) is 5.25. The molecule has 0 aliphatic rings. The summed E-state index contributed by atoms with van der Waals surface area (Å²) in [6, 6.07) is 6.67. The molecule has 0 atom stereocenters. The minimum atomic E-state index is 0.965. The Morgan fingerprint density at radius 1 is 0.926 bits per heavy atom. The van der Waals surface area contributed by atoms with Crippen molar-refractivity contribution < 1.29 is 0 Å². The van der Waals surface area contributed by atoms with Gasteiger partial charge in [0.25, 0.3) is 0 Å². The molecule has 0 unspecified atom stereocenters. The molecule has 0 saturated heterocycles. The van der Waals surface area contributed by atoms with Crippen LogP contribution in [0.3, 0.4) is 0 Å². The molecule has 0 radical (unpaired) electrons. The number of unbranched alkanes of at least 4 members (excludes halogenated alkanes) is 1. The zero-order chi connectivity index (χ0) is 19.7. The fourth-order valence-electron chi connectivity index (χ4n) is 4.09. The smallest absolute Gasteiger partial charge is 0.167 e. The molecule has 0 bridgehead atoms. The molecule has 0 spiro atoms. The number of imidazole rings is 1. The highest BCUT2D eigenvalue weighted by atomic mass is 15.2. The van der Waals surface area contributed by atoms with Crippen LogP contribution in [0.2, 0.25) is 0 Å². The van der Waals surface area contributed by atoms with Crippen molar-refractivity contribution in [1.82, 2.24) is 14.5 Å². The third kappa shape index (κ3) is 3.58. The summed E-state index contributed by atoms with van der Waals surface area (Å²) in [6.45, 7) is 17.2. The second-order valence-electron chi connectivity index (χ2n) is 7.63. The highest BCUT2D eigenvalue weighted by Crippen LogP contribution is 2.31. The molecule has 2 aromatic heterocycles. The summed E-state index contributed by atoms with van der Waals surface area (Å²) >= 11 is 0. The van der Waals surface area contributed by atoms with Crippen molar-refractivity contribution in [3.63, 3.8) is 0 Å². The Kier molecular flexibility index (Phi) is 5.54. The number of nitrogens with zero attached hydrogens (tertiary/aromatic N) is 4. The van der Waals surface area contributed by atoms with Crippen molar-refractivity contribution in [1.29, 1.82) is 0 Å². The molecular weight excluding hydrogens is 332 g/mol. The maximum Gasteiger partial charge on any atom is 0.167 e. The molecular formula is C23H32N4. The Bertz CT molecular complexity index is 945. The fourth-order valence-corrected chi connectivity index (χ4v) is 4.09. The summed E-state index contributed by atoms with van der Waals surface area (Å²) in [5, 5.41) is 0. The van der Waals surface area contributed by atoms with Crippen LogP contribution in [-0.2, 0) is 0 Å². The van der Waals surface area contributed by atoms with Crippen LogP contribution in [0, 0.1) is 34.6 Å². The molecule has 1 aromatic carbocycles. The number of aromatic nitrogens is 3. The van der Waals surface area contributed by atoms with E-state index in [-0.39, 0.29) is 0 Å². The topological polar surface area (TPSA) is 34.0 Å². The van der Waals surface area contributed by atoms with E-state index in [1.54, 1.807) is 0 Å². The summed E-state index contributed by atoms with van der Waals surface area (Å²) in [4.78, 5) is 12.3. The minimum absolute atomic E-state index is 0.965. The largest absolute Gasteiger partial charge is 0.370 e. The van der Waals surface area contributed by atoms with E-state index in [0.29, 0.717) is 0 Å². The van der Waals surface area contributed by atoms with Gasteiger partial charge < -0.3 is 4.90 Å². The van der Waals surface area contributed by atoms with Crippen molar-refractivity contribution >= 4 is 16.9 Å². The van der Waals surface area contributed by atoms with E-state index in [0.717, 1.165) is 35.8 Å². The number of fused-ring (bicyclic) bond motifs is 1. The molecule has 0 aliphatic heterocycles. The van der Waals surface area contributed by atoms with Gasteiger partial charge in [0.15, 0.2) is 5.65 Å². The molecule has 4 nitrogen and oxygen atoms in total. The van der Waals surface area contributed by atoms with Gasteiger partial charge in [0.05, 0.1) is 11.4 Å². The molecule has 0 aliphatic carbocycles. The molecule has 0 N–H and O–H groups in total. The first-order chi connectivity index (χ1) is 12.9. The summed E-state index contributed by atoms with van der Waals surface area (Å²) in [5.41, 5.74) is 9.24. The van der Waals surface area contributed by atoms with Crippen LogP contribution in [0.1, 0.15) is 54.9 Å². The van der Waals surface area contributed by atoms with E-state index in [2.05, 4.69) is 76.1 Å². The lowest BCUT2D eigenvalue weighted by Crippen LogP contribution is -2.24. The van der Waals surface area contributed by atoms with Crippen molar-refractivity contribution in [2.24, 2.45) is 0 Å². The van der Waals surface area contributed by atoms with E-state index in [4.69, 9.17) is 9.97 Å². The zero-order valence-electron chi connectivity index (χ0n) is 17.8. The van der Waals surface area contributed by atoms with E-state index >= 15 is 0 Å². The van der Waals surface area contributed by atoms with Gasteiger partial charge in [-0.2, -0.15) is 0 Å². The standard InChI is InChI=1S/C23H32N4/c1-8-10-11-26(9-2)20-14-18(6)24-23-21(20)25-19(7)27(23)22-16(4)12-15(3)13-17(22)5/h12-14H,8-11H2,1-7H3. The first-order valence-corrected chi connectivity index (χ1v) is 10.1. The summed E-state index contributed by atoms with van der Waals surface area (Å²) in [6.07, 6.45) is 2.38. The fraction of sp³-hybridized carbons (Fsp3) is 0.478. The quantitative estimate of drug-likeness (QED) is 0.572. The molecule has 0 fully saturated rings. The summed E-state index contributed by atoms with van der Waals surface area (Å²) in [5.74, 6) is 0.992. The van der Waals surface area contributed by atoms with E-state index in [1.165, 1.54) is 40.9 Å². The number of benzene rings is 1. The summed E-state index contributed by atoms with van der Waals surface area (Å²) in [7, 11) is 0. The Hall–Kier alpha value is -2.36. The van der Waals surface area contributed by atoms with Crippen LogP contribution in [-0.4, -0.2) is 27.6 Å². The van der Waals surface area contributed by atoms with Crippen LogP contribution in [0.25, 0.3) is 16.9 Å². The lowest BCUT2D eigenvalue weighted by molar-refractivity contribution is 0.733. The normalized spacial score (nSPS) is 11.4. The lowest BCUT2D eigenvalue weighted by atomic mass is 10.0. The molecule has 4 heteroatoms. The van der Waals surface area contributed by atoms with Gasteiger partial charge >= 0.3 is 0 Å². The summed E-state index contributed by atoms with van der Waals surface area (Å²) < 4.78 is 2.24. The molecule has 0 saturated carbocycles. The first kappa shape index (κ1) is 19.4. The molecule has 144 valence electrons. The number of aryl methyl sites for hydroxylation is 5. The van der Waals surface area contributed by atoms with Crippen LogP contribution in [0.5, 0.6) is 0 Å². The van der Waals surface area contributed by atoms with Gasteiger partial charge in [-0.1, -0.05) is 31.0 Å². The maximum absolute atomic E-state index is 4.97. The van der Waals surface area contributed by atoms with Gasteiger partial charge in [0, 0.05) is 18.8 Å². The lowest BCUT2D eigenvalue weighted by Gasteiger charge is -2.23. The van der Waals surface area contributed by atoms with E-state index in [9.17, 15) is 0 Å². The van der Waals surface area contributed by atoms with Gasteiger partial charge in [0.2, 0.25) is 0 Å². The monoisotopic (exact) mass is 364 g/mol. The van der Waals surface area contributed by atoms with Crippen molar-refractivity contribution in [2.75, 3.05) is 18.0 Å². The Balaban J connectivity index is 2.27. The predicted molar refractivity (Wildman–Crippen MR) is 115 cm³/mol. The highest BCUT2D eigenvalue weighted by molar-refractivity contribution is 5.88. The molecule has 3 rings (SSSR count). The SMILES string of the molecule is CCCCN(CC)c1cc(C)nc2c1nc(C)n2-c1c(C)cc(C)cc1C. The van der Waals surface area contributed by atoms with Crippen molar-refractivity contribution in [3.05, 3.63) is 46.4 Å². The second kappa shape index (κ2) is 7.71. The Morgan fingerprint density at radius 2 is 1.59 bits per heavy atom. The minimum Gasteiger partial charge on any atom is -0.370 e. The predicted octanol–water partition coefficient (Wildman–Crippen LogP) is 5.59. The van der Waals surface area contributed by atoms with E-state index < -0.39 is 0 Å². The Labute approximate surface area is 163 Å². The molecule has 2 heterocycles. The zero-order valence-corrected chi connectivity index (χ0v) is 17.8. The molecule has 0 amide bonds. The average Bonchev–Trinajstić information content (AvgIpc) is 2.91. The Morgan fingerprint density at radius 3 is 2.19 bits per heavy atom. The average molecular weight is 365 g/mol. The van der Waals surface area contributed by atoms with Crippen molar-refractivity contribution in [2.45, 2.75) is 61.3 Å². The van der Waals surface area contributed by atoms with Crippen LogP contribution in [0.4, 0.5) is 5.69 Å². The third-order valence-corrected chi connectivity index (χ3v) is 5.25. The number of rotatable bonds is 6. The van der Waals surface area contributed by atoms with Gasteiger partial charge in [-0.25, -0.2) is 9.97 Å². The van der Waals surface area contributed by atoms with Crippen LogP contribution in [0.15, 0.2) is 18.2 Å².